The first kappa shape index (κ1) is 15.8. The van der Waals surface area contributed by atoms with Gasteiger partial charge in [0.2, 0.25) is 10.0 Å². The maximum absolute atomic E-state index is 11.2. The lowest BCUT2D eigenvalue weighted by atomic mass is 10.3. The Hall–Kier alpha value is -1.57. The van der Waals surface area contributed by atoms with Crippen molar-refractivity contribution >= 4 is 21.6 Å². The van der Waals surface area contributed by atoms with Gasteiger partial charge in [0.15, 0.2) is 0 Å². The SMILES string of the molecule is CCCn1cncc1COc1ccc(S(N)(=O)=O)cc1Cl. The van der Waals surface area contributed by atoms with Gasteiger partial charge in [-0.2, -0.15) is 0 Å². The second-order valence-corrected chi connectivity index (χ2v) is 6.47. The Balaban J connectivity index is 2.12. The van der Waals surface area contributed by atoms with Gasteiger partial charge in [-0.3, -0.25) is 0 Å². The molecule has 2 rings (SSSR count). The molecule has 0 atom stereocenters. The third-order valence-electron chi connectivity index (χ3n) is 2.87. The maximum Gasteiger partial charge on any atom is 0.238 e. The maximum atomic E-state index is 11.2. The van der Waals surface area contributed by atoms with Crippen LogP contribution in [0.1, 0.15) is 19.0 Å². The Labute approximate surface area is 128 Å². The van der Waals surface area contributed by atoms with Crippen LogP contribution in [-0.2, 0) is 23.2 Å². The number of ether oxygens (including phenoxy) is 1. The summed E-state index contributed by atoms with van der Waals surface area (Å²) in [4.78, 5) is 4.03. The van der Waals surface area contributed by atoms with E-state index in [2.05, 4.69) is 11.9 Å². The fourth-order valence-corrected chi connectivity index (χ4v) is 2.68. The van der Waals surface area contributed by atoms with Crippen LogP contribution in [0.25, 0.3) is 0 Å². The molecule has 0 bridgehead atoms. The number of sulfonamides is 1. The first-order valence-electron chi connectivity index (χ1n) is 6.36. The van der Waals surface area contributed by atoms with Crippen LogP contribution in [0.2, 0.25) is 5.02 Å². The highest BCUT2D eigenvalue weighted by Gasteiger charge is 2.12. The Bertz CT molecular complexity index is 728. The molecule has 0 aliphatic carbocycles. The van der Waals surface area contributed by atoms with Crippen molar-refractivity contribution in [2.45, 2.75) is 31.4 Å². The second kappa shape index (κ2) is 6.46. The van der Waals surface area contributed by atoms with E-state index < -0.39 is 10.0 Å². The minimum absolute atomic E-state index is 0.0455. The summed E-state index contributed by atoms with van der Waals surface area (Å²) in [6.07, 6.45) is 4.46. The van der Waals surface area contributed by atoms with E-state index >= 15 is 0 Å². The third kappa shape index (κ3) is 3.96. The Morgan fingerprint density at radius 2 is 2.19 bits per heavy atom. The summed E-state index contributed by atoms with van der Waals surface area (Å²) < 4.78 is 30.0. The summed E-state index contributed by atoms with van der Waals surface area (Å²) in [6, 6.07) is 4.12. The molecule has 1 aromatic carbocycles. The van der Waals surface area contributed by atoms with Gasteiger partial charge in [0, 0.05) is 6.54 Å². The van der Waals surface area contributed by atoms with Gasteiger partial charge in [-0.1, -0.05) is 18.5 Å². The third-order valence-corrected chi connectivity index (χ3v) is 4.08. The fourth-order valence-electron chi connectivity index (χ4n) is 1.84. The average Bonchev–Trinajstić information content (AvgIpc) is 2.84. The number of halogens is 1. The molecule has 1 heterocycles. The standard InChI is InChI=1S/C13H16ClN3O3S/c1-2-5-17-9-16-7-10(17)8-20-13-4-3-11(6-12(13)14)21(15,18)19/h3-4,6-7,9H,2,5,8H2,1H3,(H2,15,18,19). The molecule has 0 aliphatic rings. The van der Waals surface area contributed by atoms with E-state index in [1.54, 1.807) is 12.5 Å². The van der Waals surface area contributed by atoms with Crippen molar-refractivity contribution in [2.24, 2.45) is 5.14 Å². The molecule has 0 saturated carbocycles. The van der Waals surface area contributed by atoms with Crippen LogP contribution >= 0.6 is 11.6 Å². The fraction of sp³-hybridized carbons (Fsp3) is 0.308. The molecule has 0 fully saturated rings. The van der Waals surface area contributed by atoms with Gasteiger partial charge in [-0.05, 0) is 24.6 Å². The van der Waals surface area contributed by atoms with Crippen LogP contribution in [-0.4, -0.2) is 18.0 Å². The summed E-state index contributed by atoms with van der Waals surface area (Å²) >= 11 is 6.01. The van der Waals surface area contributed by atoms with Crippen molar-refractivity contribution in [1.82, 2.24) is 9.55 Å². The number of aromatic nitrogens is 2. The van der Waals surface area contributed by atoms with E-state index in [9.17, 15) is 8.42 Å². The van der Waals surface area contributed by atoms with Gasteiger partial charge >= 0.3 is 0 Å². The predicted octanol–water partition coefficient (Wildman–Crippen LogP) is 2.17. The quantitative estimate of drug-likeness (QED) is 0.879. The molecule has 0 radical (unpaired) electrons. The highest BCUT2D eigenvalue weighted by Crippen LogP contribution is 2.27. The molecule has 2 aromatic rings. The normalized spacial score (nSPS) is 11.6. The minimum atomic E-state index is -3.77. The van der Waals surface area contributed by atoms with Gasteiger partial charge in [0.05, 0.1) is 28.1 Å². The summed E-state index contributed by atoms with van der Waals surface area (Å²) in [6.45, 7) is 3.23. The van der Waals surface area contributed by atoms with Crippen LogP contribution in [0.4, 0.5) is 0 Å². The molecule has 2 N–H and O–H groups in total. The lowest BCUT2D eigenvalue weighted by Gasteiger charge is -2.10. The van der Waals surface area contributed by atoms with Crippen molar-refractivity contribution in [3.05, 3.63) is 41.4 Å². The summed E-state index contributed by atoms with van der Waals surface area (Å²) in [5.74, 6) is 0.397. The highest BCUT2D eigenvalue weighted by molar-refractivity contribution is 7.89. The zero-order valence-electron chi connectivity index (χ0n) is 11.5. The van der Waals surface area contributed by atoms with Crippen LogP contribution < -0.4 is 9.88 Å². The summed E-state index contributed by atoms with van der Waals surface area (Å²) in [5, 5.41) is 5.24. The topological polar surface area (TPSA) is 87.2 Å². The van der Waals surface area contributed by atoms with Gasteiger partial charge in [-0.15, -0.1) is 0 Å². The molecule has 0 spiro atoms. The minimum Gasteiger partial charge on any atom is -0.486 e. The molecule has 0 amide bonds. The van der Waals surface area contributed by atoms with E-state index in [1.807, 2.05) is 4.57 Å². The molecule has 8 heteroatoms. The number of nitrogens with zero attached hydrogens (tertiary/aromatic N) is 2. The molecule has 1 aromatic heterocycles. The van der Waals surface area contributed by atoms with Crippen LogP contribution in [0.3, 0.4) is 0 Å². The van der Waals surface area contributed by atoms with Gasteiger partial charge < -0.3 is 9.30 Å². The number of primary sulfonamides is 1. The lowest BCUT2D eigenvalue weighted by molar-refractivity contribution is 0.294. The molecular formula is C13H16ClN3O3S. The summed E-state index contributed by atoms with van der Waals surface area (Å²) in [5.41, 5.74) is 0.920. The Kier molecular flexibility index (Phi) is 4.87. The Morgan fingerprint density at radius 3 is 2.81 bits per heavy atom. The first-order chi connectivity index (χ1) is 9.91. The van der Waals surface area contributed by atoms with Gasteiger partial charge in [0.1, 0.15) is 12.4 Å². The number of nitrogens with two attached hydrogens (primary N) is 1. The van der Waals surface area contributed by atoms with Crippen LogP contribution in [0, 0.1) is 0 Å². The van der Waals surface area contributed by atoms with E-state index in [1.165, 1.54) is 18.2 Å². The van der Waals surface area contributed by atoms with Gasteiger partial charge in [-0.25, -0.2) is 18.5 Å². The number of aryl methyl sites for hydroxylation is 1. The molecule has 21 heavy (non-hydrogen) atoms. The lowest BCUT2D eigenvalue weighted by Crippen LogP contribution is -2.12. The number of benzene rings is 1. The smallest absolute Gasteiger partial charge is 0.238 e. The van der Waals surface area contributed by atoms with Crippen molar-refractivity contribution in [2.75, 3.05) is 0 Å². The molecular weight excluding hydrogens is 314 g/mol. The number of hydrogen-bond donors (Lipinski definition) is 1. The van der Waals surface area contributed by atoms with E-state index in [4.69, 9.17) is 21.5 Å². The number of hydrogen-bond acceptors (Lipinski definition) is 4. The van der Waals surface area contributed by atoms with Crippen molar-refractivity contribution in [1.29, 1.82) is 0 Å². The second-order valence-electron chi connectivity index (χ2n) is 4.50. The predicted molar refractivity (Wildman–Crippen MR) is 79.7 cm³/mol. The molecule has 6 nitrogen and oxygen atoms in total. The van der Waals surface area contributed by atoms with Crippen LogP contribution in [0.5, 0.6) is 5.75 Å². The highest BCUT2D eigenvalue weighted by atomic mass is 35.5. The largest absolute Gasteiger partial charge is 0.486 e. The number of rotatable bonds is 6. The number of imidazole rings is 1. The van der Waals surface area contributed by atoms with E-state index in [-0.39, 0.29) is 9.92 Å². The van der Waals surface area contributed by atoms with Crippen molar-refractivity contribution in [3.63, 3.8) is 0 Å². The van der Waals surface area contributed by atoms with Gasteiger partial charge in [0.25, 0.3) is 0 Å². The monoisotopic (exact) mass is 329 g/mol. The molecule has 114 valence electrons. The van der Waals surface area contributed by atoms with E-state index in [0.717, 1.165) is 18.7 Å². The Morgan fingerprint density at radius 1 is 1.43 bits per heavy atom. The molecule has 0 aliphatic heterocycles. The van der Waals surface area contributed by atoms with Crippen molar-refractivity contribution in [3.8, 4) is 5.75 Å². The zero-order chi connectivity index (χ0) is 15.5. The van der Waals surface area contributed by atoms with E-state index in [0.29, 0.717) is 12.4 Å². The van der Waals surface area contributed by atoms with Crippen LogP contribution in [0.15, 0.2) is 35.6 Å². The molecule has 0 saturated heterocycles. The summed E-state index contributed by atoms with van der Waals surface area (Å²) in [7, 11) is -3.77. The molecule has 0 unspecified atom stereocenters. The first-order valence-corrected chi connectivity index (χ1v) is 8.28. The zero-order valence-corrected chi connectivity index (χ0v) is 13.1. The van der Waals surface area contributed by atoms with Crippen molar-refractivity contribution < 1.29 is 13.2 Å². The average molecular weight is 330 g/mol.